The van der Waals surface area contributed by atoms with E-state index in [2.05, 4.69) is 11.9 Å². The van der Waals surface area contributed by atoms with Gasteiger partial charge in [-0.2, -0.15) is 0 Å². The molecule has 3 heteroatoms. The molecular weight excluding hydrogens is 250 g/mol. The van der Waals surface area contributed by atoms with E-state index in [1.165, 1.54) is 70.6 Å². The largest absolute Gasteiger partial charge is 0.381 e. The molecule has 20 heavy (non-hydrogen) atoms. The summed E-state index contributed by atoms with van der Waals surface area (Å²) < 4.78 is 5.62. The van der Waals surface area contributed by atoms with Gasteiger partial charge in [0.25, 0.3) is 0 Å². The van der Waals surface area contributed by atoms with Gasteiger partial charge in [-0.05, 0) is 19.3 Å². The molecule has 0 bridgehead atoms. The highest BCUT2D eigenvalue weighted by Gasteiger charge is 1.93. The second-order valence-electron chi connectivity index (χ2n) is 5.47. The molecule has 3 nitrogen and oxygen atoms in total. The van der Waals surface area contributed by atoms with E-state index >= 15 is 0 Å². The summed E-state index contributed by atoms with van der Waals surface area (Å²) in [6.07, 6.45) is 16.7. The zero-order chi connectivity index (χ0) is 14.7. The Labute approximate surface area is 125 Å². The maximum atomic E-state index is 9.85. The van der Waals surface area contributed by atoms with Gasteiger partial charge in [-0.25, -0.2) is 9.79 Å². The van der Waals surface area contributed by atoms with Crippen LogP contribution in [-0.2, 0) is 9.53 Å². The fourth-order valence-corrected chi connectivity index (χ4v) is 2.23. The first-order valence-corrected chi connectivity index (χ1v) is 8.53. The zero-order valence-electron chi connectivity index (χ0n) is 13.4. The number of ether oxygens (including phenoxy) is 1. The second-order valence-corrected chi connectivity index (χ2v) is 5.47. The molecular formula is C17H33NO2. The Morgan fingerprint density at radius 3 is 1.80 bits per heavy atom. The molecule has 0 aromatic carbocycles. The first-order valence-electron chi connectivity index (χ1n) is 8.53. The Hall–Kier alpha value is -0.660. The number of aliphatic imine (C=N–C) groups is 1. The SMILES string of the molecule is CCCCCCOCCCCCCCCCCN=C=O. The molecule has 0 aromatic rings. The highest BCUT2D eigenvalue weighted by Crippen LogP contribution is 2.09. The summed E-state index contributed by atoms with van der Waals surface area (Å²) in [6.45, 7) is 4.78. The molecule has 0 spiro atoms. The lowest BCUT2D eigenvalue weighted by atomic mass is 10.1. The minimum Gasteiger partial charge on any atom is -0.381 e. The van der Waals surface area contributed by atoms with Gasteiger partial charge in [0.1, 0.15) is 0 Å². The Balaban J connectivity index is 2.94. The zero-order valence-corrected chi connectivity index (χ0v) is 13.4. The van der Waals surface area contributed by atoms with E-state index in [0.29, 0.717) is 6.54 Å². The van der Waals surface area contributed by atoms with E-state index in [0.717, 1.165) is 19.6 Å². The van der Waals surface area contributed by atoms with Crippen molar-refractivity contribution in [2.45, 2.75) is 84.0 Å². The molecule has 0 N–H and O–H groups in total. The van der Waals surface area contributed by atoms with Gasteiger partial charge in [-0.3, -0.25) is 0 Å². The monoisotopic (exact) mass is 283 g/mol. The summed E-state index contributed by atoms with van der Waals surface area (Å²) in [7, 11) is 0. The average Bonchev–Trinajstić information content (AvgIpc) is 2.47. The third-order valence-corrected chi connectivity index (χ3v) is 3.52. The van der Waals surface area contributed by atoms with Crippen LogP contribution in [0.25, 0.3) is 0 Å². The quantitative estimate of drug-likeness (QED) is 0.226. The van der Waals surface area contributed by atoms with Crippen LogP contribution in [0.4, 0.5) is 0 Å². The smallest absolute Gasteiger partial charge is 0.234 e. The number of rotatable bonds is 16. The second kappa shape index (κ2) is 18.3. The topological polar surface area (TPSA) is 38.7 Å². The van der Waals surface area contributed by atoms with Crippen LogP contribution in [0.1, 0.15) is 84.0 Å². The van der Waals surface area contributed by atoms with Gasteiger partial charge in [0, 0.05) is 13.2 Å². The maximum Gasteiger partial charge on any atom is 0.234 e. The minimum atomic E-state index is 0.652. The molecule has 0 aromatic heterocycles. The van der Waals surface area contributed by atoms with E-state index in [9.17, 15) is 4.79 Å². The fraction of sp³-hybridized carbons (Fsp3) is 0.941. The van der Waals surface area contributed by atoms with Gasteiger partial charge in [0.05, 0.1) is 6.54 Å². The van der Waals surface area contributed by atoms with Gasteiger partial charge >= 0.3 is 0 Å². The lowest BCUT2D eigenvalue weighted by Crippen LogP contribution is -1.97. The lowest BCUT2D eigenvalue weighted by Gasteiger charge is -2.04. The molecule has 0 fully saturated rings. The third-order valence-electron chi connectivity index (χ3n) is 3.52. The molecule has 0 aliphatic rings. The fourth-order valence-electron chi connectivity index (χ4n) is 2.23. The van der Waals surface area contributed by atoms with Crippen molar-refractivity contribution in [1.82, 2.24) is 0 Å². The van der Waals surface area contributed by atoms with Gasteiger partial charge in [-0.1, -0.05) is 64.7 Å². The van der Waals surface area contributed by atoms with Crippen molar-refractivity contribution in [2.75, 3.05) is 19.8 Å². The van der Waals surface area contributed by atoms with Crippen LogP contribution in [0, 0.1) is 0 Å². The van der Waals surface area contributed by atoms with Crippen LogP contribution in [-0.4, -0.2) is 25.8 Å². The summed E-state index contributed by atoms with van der Waals surface area (Å²) in [6, 6.07) is 0. The summed E-state index contributed by atoms with van der Waals surface area (Å²) in [4.78, 5) is 13.4. The minimum absolute atomic E-state index is 0.652. The molecule has 0 saturated heterocycles. The van der Waals surface area contributed by atoms with Crippen molar-refractivity contribution >= 4 is 6.08 Å². The van der Waals surface area contributed by atoms with Gasteiger partial charge < -0.3 is 4.74 Å². The van der Waals surface area contributed by atoms with Crippen LogP contribution >= 0.6 is 0 Å². The molecule has 0 aliphatic heterocycles. The number of carbonyl (C=O) groups excluding carboxylic acids is 1. The Morgan fingerprint density at radius 1 is 0.750 bits per heavy atom. The van der Waals surface area contributed by atoms with Crippen molar-refractivity contribution in [3.05, 3.63) is 0 Å². The first kappa shape index (κ1) is 19.3. The summed E-state index contributed by atoms with van der Waals surface area (Å²) in [5.74, 6) is 0. The van der Waals surface area contributed by atoms with E-state index in [1.54, 1.807) is 6.08 Å². The molecule has 0 radical (unpaired) electrons. The molecule has 0 atom stereocenters. The van der Waals surface area contributed by atoms with Crippen LogP contribution in [0.5, 0.6) is 0 Å². The van der Waals surface area contributed by atoms with Crippen molar-refractivity contribution in [3.63, 3.8) is 0 Å². The predicted octanol–water partition coefficient (Wildman–Crippen LogP) is 5.04. The average molecular weight is 283 g/mol. The van der Waals surface area contributed by atoms with Crippen LogP contribution in [0.2, 0.25) is 0 Å². The first-order chi connectivity index (χ1) is 9.91. The number of unbranched alkanes of at least 4 members (excludes halogenated alkanes) is 10. The predicted molar refractivity (Wildman–Crippen MR) is 84.9 cm³/mol. The molecule has 0 unspecified atom stereocenters. The van der Waals surface area contributed by atoms with Gasteiger partial charge in [0.2, 0.25) is 6.08 Å². The van der Waals surface area contributed by atoms with Crippen LogP contribution in [0.3, 0.4) is 0 Å². The summed E-state index contributed by atoms with van der Waals surface area (Å²) in [5, 5.41) is 0. The molecule has 0 saturated carbocycles. The van der Waals surface area contributed by atoms with E-state index < -0.39 is 0 Å². The van der Waals surface area contributed by atoms with Gasteiger partial charge in [0.15, 0.2) is 0 Å². The van der Waals surface area contributed by atoms with E-state index in [-0.39, 0.29) is 0 Å². The van der Waals surface area contributed by atoms with E-state index in [1.807, 2.05) is 0 Å². The standard InChI is InChI=1S/C17H33NO2/c1-2-3-4-12-15-20-16-13-10-8-6-5-7-9-11-14-18-17-19/h2-16H2,1H3. The normalized spacial score (nSPS) is 10.4. The summed E-state index contributed by atoms with van der Waals surface area (Å²) in [5.41, 5.74) is 0. The van der Waals surface area contributed by atoms with Crippen LogP contribution in [0.15, 0.2) is 4.99 Å². The molecule has 0 aliphatic carbocycles. The summed E-state index contributed by atoms with van der Waals surface area (Å²) >= 11 is 0. The van der Waals surface area contributed by atoms with Crippen molar-refractivity contribution in [1.29, 1.82) is 0 Å². The maximum absolute atomic E-state index is 9.85. The van der Waals surface area contributed by atoms with Gasteiger partial charge in [-0.15, -0.1) is 0 Å². The Bertz CT molecular complexity index is 225. The molecule has 0 amide bonds. The highest BCUT2D eigenvalue weighted by atomic mass is 16.5. The molecule has 0 rings (SSSR count). The van der Waals surface area contributed by atoms with Crippen molar-refractivity contribution < 1.29 is 9.53 Å². The third kappa shape index (κ3) is 17.3. The number of hydrogen-bond acceptors (Lipinski definition) is 3. The highest BCUT2D eigenvalue weighted by molar-refractivity contribution is 5.32. The Kier molecular flexibility index (Phi) is 17.7. The lowest BCUT2D eigenvalue weighted by molar-refractivity contribution is 0.125. The number of nitrogens with zero attached hydrogens (tertiary/aromatic N) is 1. The molecule has 0 heterocycles. The van der Waals surface area contributed by atoms with E-state index in [4.69, 9.17) is 4.74 Å². The van der Waals surface area contributed by atoms with Crippen LogP contribution < -0.4 is 0 Å². The van der Waals surface area contributed by atoms with Crippen molar-refractivity contribution in [3.8, 4) is 0 Å². The molecule has 118 valence electrons. The Morgan fingerprint density at radius 2 is 1.25 bits per heavy atom. The van der Waals surface area contributed by atoms with Crippen molar-refractivity contribution in [2.24, 2.45) is 4.99 Å². The number of hydrogen-bond donors (Lipinski definition) is 0. The number of isocyanates is 1.